The number of aromatic hydroxyl groups is 1. The van der Waals surface area contributed by atoms with Gasteiger partial charge in [0.25, 0.3) is 5.43 Å². The molecule has 0 unspecified atom stereocenters. The average Bonchev–Trinajstić information content (AvgIpc) is 3.52. The highest BCUT2D eigenvalue weighted by Crippen LogP contribution is 2.33. The van der Waals surface area contributed by atoms with Gasteiger partial charge in [-0.05, 0) is 6.07 Å². The van der Waals surface area contributed by atoms with Crippen LogP contribution in [0.3, 0.4) is 0 Å². The molecule has 16 nitrogen and oxygen atoms in total. The fourth-order valence-electron chi connectivity index (χ4n) is 4.55. The van der Waals surface area contributed by atoms with Gasteiger partial charge in [0, 0.05) is 30.2 Å². The van der Waals surface area contributed by atoms with Crippen LogP contribution in [0.15, 0.2) is 52.4 Å². The molecule has 4 atom stereocenters. The zero-order chi connectivity index (χ0) is 30.3. The van der Waals surface area contributed by atoms with Gasteiger partial charge in [0.2, 0.25) is 11.3 Å². The maximum Gasteiger partial charge on any atom is 0.362 e. The van der Waals surface area contributed by atoms with Gasteiger partial charge in [0.15, 0.2) is 23.4 Å². The minimum absolute atomic E-state index is 0.0134. The van der Waals surface area contributed by atoms with Gasteiger partial charge in [-0.1, -0.05) is 24.3 Å². The summed E-state index contributed by atoms with van der Waals surface area (Å²) in [5.41, 5.74) is 4.39. The van der Waals surface area contributed by atoms with E-state index in [1.165, 1.54) is 47.4 Å². The number of aliphatic hydroxyl groups excluding tert-OH is 2. The Labute approximate surface area is 235 Å². The van der Waals surface area contributed by atoms with Crippen LogP contribution in [0.2, 0.25) is 0 Å². The third-order valence-electron chi connectivity index (χ3n) is 6.69. The first kappa shape index (κ1) is 29.0. The number of ketones is 1. The number of pyridine rings is 1. The molecule has 0 spiro atoms. The number of aliphatic hydroxyl groups is 2. The van der Waals surface area contributed by atoms with E-state index in [4.69, 9.17) is 14.7 Å². The number of anilines is 1. The lowest BCUT2D eigenvalue weighted by molar-refractivity contribution is -0.119. The maximum absolute atomic E-state index is 12.7. The van der Waals surface area contributed by atoms with Crippen molar-refractivity contribution in [1.29, 1.82) is 0 Å². The predicted molar refractivity (Wildman–Crippen MR) is 143 cm³/mol. The molecule has 1 amide bonds. The number of nitrogen functional groups attached to an aromatic ring is 1. The Balaban J connectivity index is 1.17. The fourth-order valence-corrected chi connectivity index (χ4v) is 5.30. The van der Waals surface area contributed by atoms with Gasteiger partial charge < -0.3 is 25.8 Å². The van der Waals surface area contributed by atoms with E-state index in [0.717, 1.165) is 0 Å². The largest absolute Gasteiger partial charge is 0.503 e. The van der Waals surface area contributed by atoms with Crippen LogP contribution in [0.4, 0.5) is 5.69 Å². The Morgan fingerprint density at radius 1 is 1.07 bits per heavy atom. The van der Waals surface area contributed by atoms with E-state index in [-0.39, 0.29) is 22.3 Å². The van der Waals surface area contributed by atoms with Crippen LogP contribution in [-0.4, -0.2) is 74.9 Å². The zero-order valence-corrected chi connectivity index (χ0v) is 22.2. The number of rotatable bonds is 10. The van der Waals surface area contributed by atoms with E-state index in [2.05, 4.69) is 9.97 Å². The van der Waals surface area contributed by atoms with Gasteiger partial charge in [-0.15, -0.1) is 0 Å². The molecule has 5 rings (SSSR count). The number of nitrogens with two attached hydrogens (primary N) is 1. The van der Waals surface area contributed by atoms with E-state index in [1.54, 1.807) is 4.72 Å². The first-order chi connectivity index (χ1) is 19.9. The zero-order valence-electron chi connectivity index (χ0n) is 21.4. The number of nitrogens with one attached hydrogen (secondary N) is 1. The van der Waals surface area contributed by atoms with Crippen LogP contribution in [0.25, 0.3) is 22.3 Å². The van der Waals surface area contributed by atoms with Crippen LogP contribution < -0.4 is 21.3 Å². The lowest BCUT2D eigenvalue weighted by Crippen LogP contribution is -2.37. The Morgan fingerprint density at radius 2 is 1.81 bits per heavy atom. The SMILES string of the molecule is Nc1ccnc2c1ncn2[C@@H]1O[C@H](COS(=O)(=O)NC(=O)CCC(=O)c2ccccc2-c2c(O)c(=O)c2=O)[C@@H](O)[C@H]1O. The lowest BCUT2D eigenvalue weighted by atomic mass is 9.92. The first-order valence-corrected chi connectivity index (χ1v) is 13.7. The third-order valence-corrected chi connectivity index (χ3v) is 7.61. The van der Waals surface area contributed by atoms with Crippen molar-refractivity contribution in [1.82, 2.24) is 19.3 Å². The Bertz CT molecular complexity index is 1880. The first-order valence-electron chi connectivity index (χ1n) is 12.3. The summed E-state index contributed by atoms with van der Waals surface area (Å²) in [6.07, 6.45) is -4.01. The normalized spacial score (nSPS) is 20.7. The molecule has 1 fully saturated rings. The number of hydrogen-bond donors (Lipinski definition) is 5. The highest BCUT2D eigenvalue weighted by atomic mass is 32.2. The summed E-state index contributed by atoms with van der Waals surface area (Å²) in [6.45, 7) is -0.781. The molecule has 1 aliphatic rings. The van der Waals surface area contributed by atoms with Crippen molar-refractivity contribution < 1.29 is 42.2 Å². The molecule has 1 saturated heterocycles. The number of carbonyl (C=O) groups is 2. The fraction of sp³-hybridized carbons (Fsp3) is 0.280. The number of ether oxygens (including phenoxy) is 1. The van der Waals surface area contributed by atoms with Crippen molar-refractivity contribution in [3.05, 3.63) is 68.9 Å². The number of aromatic nitrogens is 3. The van der Waals surface area contributed by atoms with Crippen molar-refractivity contribution in [2.24, 2.45) is 0 Å². The van der Waals surface area contributed by atoms with Gasteiger partial charge in [-0.25, -0.2) is 14.7 Å². The molecule has 0 aliphatic carbocycles. The van der Waals surface area contributed by atoms with Gasteiger partial charge >= 0.3 is 10.3 Å². The van der Waals surface area contributed by atoms with Crippen LogP contribution in [-0.2, 0) is 24.0 Å². The molecule has 3 heterocycles. The van der Waals surface area contributed by atoms with Crippen molar-refractivity contribution in [2.45, 2.75) is 37.4 Å². The minimum Gasteiger partial charge on any atom is -0.503 e. The van der Waals surface area contributed by atoms with Crippen molar-refractivity contribution in [3.8, 4) is 16.9 Å². The van der Waals surface area contributed by atoms with E-state index in [9.17, 15) is 42.9 Å². The quantitative estimate of drug-likeness (QED) is 0.104. The summed E-state index contributed by atoms with van der Waals surface area (Å²) in [4.78, 5) is 56.4. The van der Waals surface area contributed by atoms with Crippen molar-refractivity contribution in [3.63, 3.8) is 0 Å². The lowest BCUT2D eigenvalue weighted by Gasteiger charge is -2.16. The number of amides is 1. The van der Waals surface area contributed by atoms with E-state index >= 15 is 0 Å². The third kappa shape index (κ3) is 5.26. The summed E-state index contributed by atoms with van der Waals surface area (Å²) < 4.78 is 38.0. The van der Waals surface area contributed by atoms with Crippen LogP contribution in [0, 0.1) is 0 Å². The van der Waals surface area contributed by atoms with E-state index in [0.29, 0.717) is 11.2 Å². The maximum atomic E-state index is 12.7. The molecule has 2 aromatic heterocycles. The Morgan fingerprint density at radius 3 is 2.55 bits per heavy atom. The molecule has 1 aliphatic heterocycles. The highest BCUT2D eigenvalue weighted by molar-refractivity contribution is 7.85. The second kappa shape index (κ2) is 11.0. The van der Waals surface area contributed by atoms with E-state index < -0.39 is 82.6 Å². The standard InChI is InChI=1S/C25H23N5O11S/c26-13-7-8-27-24-18(13)28-10-30(24)25-23(37)19(33)15(41-25)9-40-42(38,39)29-16(32)6-5-14(31)11-3-1-2-4-12(11)17-20(34)22(36)21(17)35/h1-4,7-8,10,15,19,23,25,33-34,37H,5-6,9H2,(H2,26,27)(H,29,32)/t15-,19-,23-,25-/m1/s1. The monoisotopic (exact) mass is 601 g/mol. The number of nitrogens with zero attached hydrogens (tertiary/aromatic N) is 3. The molecule has 0 saturated carbocycles. The molecular formula is C25H23N5O11S. The minimum atomic E-state index is -4.72. The number of benzene rings is 1. The average molecular weight is 602 g/mol. The molecule has 0 radical (unpaired) electrons. The van der Waals surface area contributed by atoms with Gasteiger partial charge in [-0.3, -0.25) is 27.9 Å². The number of carbonyl (C=O) groups excluding carboxylic acids is 2. The molecule has 17 heteroatoms. The molecule has 0 bridgehead atoms. The van der Waals surface area contributed by atoms with E-state index in [1.807, 2.05) is 0 Å². The number of fused-ring (bicyclic) bond motifs is 1. The Kier molecular flexibility index (Phi) is 7.60. The molecular weight excluding hydrogens is 578 g/mol. The van der Waals surface area contributed by atoms with Gasteiger partial charge in [0.1, 0.15) is 23.8 Å². The molecule has 4 aromatic rings. The van der Waals surface area contributed by atoms with Crippen LogP contribution in [0.5, 0.6) is 5.75 Å². The summed E-state index contributed by atoms with van der Waals surface area (Å²) in [5, 5.41) is 30.6. The summed E-state index contributed by atoms with van der Waals surface area (Å²) >= 11 is 0. The number of Topliss-reactive ketones (excluding diaryl/α,β-unsaturated/α-hetero) is 1. The summed E-state index contributed by atoms with van der Waals surface area (Å²) in [6, 6.07) is 7.16. The van der Waals surface area contributed by atoms with Crippen LogP contribution in [0.1, 0.15) is 29.4 Å². The smallest absolute Gasteiger partial charge is 0.362 e. The topological polar surface area (TPSA) is 250 Å². The summed E-state index contributed by atoms with van der Waals surface area (Å²) in [5.74, 6) is -2.52. The molecule has 42 heavy (non-hydrogen) atoms. The predicted octanol–water partition coefficient (Wildman–Crippen LogP) is -1.36. The number of imidazole rings is 1. The number of hydrogen-bond acceptors (Lipinski definition) is 14. The Hall–Kier alpha value is -4.55. The molecule has 220 valence electrons. The van der Waals surface area contributed by atoms with Gasteiger partial charge in [0.05, 0.1) is 24.2 Å². The second-order valence-corrected chi connectivity index (χ2v) is 10.7. The summed E-state index contributed by atoms with van der Waals surface area (Å²) in [7, 11) is -4.72. The second-order valence-electron chi connectivity index (χ2n) is 9.39. The highest BCUT2D eigenvalue weighted by Gasteiger charge is 2.45. The molecule has 6 N–H and O–H groups in total. The van der Waals surface area contributed by atoms with Crippen LogP contribution >= 0.6 is 0 Å². The molecule has 2 aromatic carbocycles. The van der Waals surface area contributed by atoms with Crippen molar-refractivity contribution in [2.75, 3.05) is 12.3 Å². The van der Waals surface area contributed by atoms with Gasteiger partial charge in [-0.2, -0.15) is 8.42 Å². The van der Waals surface area contributed by atoms with Crippen molar-refractivity contribution >= 4 is 38.8 Å².